The standard InChI is InChI=1S/C13H26N2O3/c1-15-8-7-14-13(15)11(16)9-5-4-6-10(17-2)12(9)18-3/h9-14,16H,4-8H2,1-3H3/p+1. The van der Waals surface area contributed by atoms with Crippen LogP contribution in [0.3, 0.4) is 0 Å². The van der Waals surface area contributed by atoms with E-state index in [1.54, 1.807) is 14.2 Å². The van der Waals surface area contributed by atoms with Gasteiger partial charge in [-0.3, -0.25) is 0 Å². The molecule has 5 atom stereocenters. The third-order valence-electron chi connectivity index (χ3n) is 4.58. The van der Waals surface area contributed by atoms with Crippen molar-refractivity contribution in [3.05, 3.63) is 0 Å². The smallest absolute Gasteiger partial charge is 0.169 e. The molecule has 0 bridgehead atoms. The van der Waals surface area contributed by atoms with Gasteiger partial charge in [-0.2, -0.15) is 0 Å². The van der Waals surface area contributed by atoms with Crippen molar-refractivity contribution in [1.82, 2.24) is 4.90 Å². The summed E-state index contributed by atoms with van der Waals surface area (Å²) in [6.07, 6.45) is 3.12. The Hall–Kier alpha value is -0.200. The molecule has 1 saturated heterocycles. The molecule has 1 aliphatic heterocycles. The Kier molecular flexibility index (Phi) is 4.98. The number of likely N-dealkylation sites (N-methyl/N-ethyl adjacent to an activating group) is 1. The molecule has 0 amide bonds. The molecule has 0 aromatic rings. The first-order valence-electron chi connectivity index (χ1n) is 6.96. The monoisotopic (exact) mass is 259 g/mol. The molecule has 0 aromatic carbocycles. The zero-order valence-electron chi connectivity index (χ0n) is 11.7. The molecule has 1 saturated carbocycles. The van der Waals surface area contributed by atoms with Gasteiger partial charge < -0.3 is 19.9 Å². The molecular weight excluding hydrogens is 232 g/mol. The zero-order valence-corrected chi connectivity index (χ0v) is 11.7. The van der Waals surface area contributed by atoms with Crippen LogP contribution in [-0.4, -0.2) is 68.8 Å². The number of aliphatic hydroxyl groups excluding tert-OH is 1. The average Bonchev–Trinajstić information content (AvgIpc) is 2.83. The lowest BCUT2D eigenvalue weighted by molar-refractivity contribution is -0.688. The number of hydrogen-bond donors (Lipinski definition) is 2. The number of rotatable bonds is 4. The molecule has 0 radical (unpaired) electrons. The fourth-order valence-electron chi connectivity index (χ4n) is 3.53. The highest BCUT2D eigenvalue weighted by atomic mass is 16.5. The van der Waals surface area contributed by atoms with Gasteiger partial charge in [0.2, 0.25) is 0 Å². The van der Waals surface area contributed by atoms with Gasteiger partial charge in [-0.25, -0.2) is 4.90 Å². The van der Waals surface area contributed by atoms with Crippen LogP contribution in [0.5, 0.6) is 0 Å². The Balaban J connectivity index is 2.04. The summed E-state index contributed by atoms with van der Waals surface area (Å²) in [5.74, 6) is 0.176. The topological polar surface area (TPSA) is 58.5 Å². The molecular formula is C13H27N2O3+. The van der Waals surface area contributed by atoms with Crippen molar-refractivity contribution in [2.75, 3.05) is 34.4 Å². The number of nitrogens with two attached hydrogens (primary N) is 1. The lowest BCUT2D eigenvalue weighted by atomic mass is 9.79. The maximum atomic E-state index is 10.7. The first kappa shape index (κ1) is 14.2. The van der Waals surface area contributed by atoms with E-state index < -0.39 is 0 Å². The normalized spacial score (nSPS) is 40.0. The number of hydrogen-bond acceptors (Lipinski definition) is 4. The first-order chi connectivity index (χ1) is 8.69. The van der Waals surface area contributed by atoms with Gasteiger partial charge in [0, 0.05) is 20.1 Å². The molecule has 0 aromatic heterocycles. The third kappa shape index (κ3) is 2.70. The molecule has 2 fully saturated rings. The van der Waals surface area contributed by atoms with Gasteiger partial charge >= 0.3 is 0 Å². The molecule has 5 unspecified atom stereocenters. The van der Waals surface area contributed by atoms with Crippen LogP contribution in [0.25, 0.3) is 0 Å². The van der Waals surface area contributed by atoms with Crippen LogP contribution in [0, 0.1) is 5.92 Å². The lowest BCUT2D eigenvalue weighted by Crippen LogP contribution is -2.91. The summed E-state index contributed by atoms with van der Waals surface area (Å²) in [5.41, 5.74) is 0. The number of quaternary nitrogens is 1. The van der Waals surface area contributed by atoms with Gasteiger partial charge in [0.15, 0.2) is 6.17 Å². The van der Waals surface area contributed by atoms with Crippen molar-refractivity contribution in [2.24, 2.45) is 5.92 Å². The molecule has 5 heteroatoms. The molecule has 18 heavy (non-hydrogen) atoms. The summed E-state index contributed by atoms with van der Waals surface area (Å²) in [6.45, 7) is 2.11. The van der Waals surface area contributed by atoms with Gasteiger partial charge in [-0.05, 0) is 19.9 Å². The van der Waals surface area contributed by atoms with Gasteiger partial charge in [0.1, 0.15) is 6.10 Å². The molecule has 1 aliphatic carbocycles. The minimum atomic E-state index is -0.347. The predicted molar refractivity (Wildman–Crippen MR) is 68.2 cm³/mol. The Bertz CT molecular complexity index is 265. The summed E-state index contributed by atoms with van der Waals surface area (Å²) >= 11 is 0. The van der Waals surface area contributed by atoms with E-state index in [1.807, 2.05) is 0 Å². The number of nitrogens with zero attached hydrogens (tertiary/aromatic N) is 1. The number of methoxy groups -OCH3 is 2. The summed E-state index contributed by atoms with van der Waals surface area (Å²) in [5, 5.41) is 12.9. The van der Waals surface area contributed by atoms with E-state index in [1.165, 1.54) is 0 Å². The highest BCUT2D eigenvalue weighted by molar-refractivity contribution is 4.90. The van der Waals surface area contributed by atoms with Crippen molar-refractivity contribution in [1.29, 1.82) is 0 Å². The van der Waals surface area contributed by atoms with E-state index in [-0.39, 0.29) is 30.4 Å². The molecule has 5 nitrogen and oxygen atoms in total. The van der Waals surface area contributed by atoms with Gasteiger partial charge in [0.25, 0.3) is 0 Å². The minimum Gasteiger partial charge on any atom is -0.385 e. The number of aliphatic hydroxyl groups is 1. The van der Waals surface area contributed by atoms with Gasteiger partial charge in [-0.15, -0.1) is 0 Å². The van der Waals surface area contributed by atoms with Gasteiger partial charge in [-0.1, -0.05) is 6.42 Å². The maximum Gasteiger partial charge on any atom is 0.169 e. The highest BCUT2D eigenvalue weighted by Gasteiger charge is 2.44. The fourth-order valence-corrected chi connectivity index (χ4v) is 3.53. The third-order valence-corrected chi connectivity index (χ3v) is 4.58. The van der Waals surface area contributed by atoms with Crippen molar-refractivity contribution in [2.45, 2.75) is 43.7 Å². The van der Waals surface area contributed by atoms with Crippen LogP contribution >= 0.6 is 0 Å². The van der Waals surface area contributed by atoms with Gasteiger partial charge in [0.05, 0.1) is 25.3 Å². The lowest BCUT2D eigenvalue weighted by Gasteiger charge is -2.40. The van der Waals surface area contributed by atoms with E-state index in [0.717, 1.165) is 32.4 Å². The molecule has 2 aliphatic rings. The molecule has 3 N–H and O–H groups in total. The SMILES string of the molecule is COC1CCCC(C(O)C2[NH2+]CCN2C)C1OC. The van der Waals surface area contributed by atoms with E-state index in [9.17, 15) is 5.11 Å². The molecule has 2 rings (SSSR count). The summed E-state index contributed by atoms with van der Waals surface area (Å²) in [6, 6.07) is 0. The van der Waals surface area contributed by atoms with Crippen molar-refractivity contribution in [3.63, 3.8) is 0 Å². The largest absolute Gasteiger partial charge is 0.385 e. The highest BCUT2D eigenvalue weighted by Crippen LogP contribution is 2.32. The van der Waals surface area contributed by atoms with E-state index in [4.69, 9.17) is 9.47 Å². The molecule has 106 valence electrons. The second-order valence-electron chi connectivity index (χ2n) is 5.56. The Labute approximate surface area is 109 Å². The Morgan fingerprint density at radius 2 is 2.06 bits per heavy atom. The average molecular weight is 259 g/mol. The fraction of sp³-hybridized carbons (Fsp3) is 1.00. The quantitative estimate of drug-likeness (QED) is 0.681. The Morgan fingerprint density at radius 3 is 2.61 bits per heavy atom. The van der Waals surface area contributed by atoms with Crippen LogP contribution in [0.1, 0.15) is 19.3 Å². The second-order valence-corrected chi connectivity index (χ2v) is 5.56. The predicted octanol–water partition coefficient (Wildman–Crippen LogP) is -0.988. The van der Waals surface area contributed by atoms with E-state index in [0.29, 0.717) is 0 Å². The van der Waals surface area contributed by atoms with Crippen LogP contribution in [0.4, 0.5) is 0 Å². The zero-order chi connectivity index (χ0) is 13.1. The van der Waals surface area contributed by atoms with Crippen LogP contribution < -0.4 is 5.32 Å². The van der Waals surface area contributed by atoms with Crippen molar-refractivity contribution in [3.8, 4) is 0 Å². The number of ether oxygens (including phenoxy) is 2. The van der Waals surface area contributed by atoms with E-state index in [2.05, 4.69) is 17.3 Å². The maximum absolute atomic E-state index is 10.7. The van der Waals surface area contributed by atoms with E-state index >= 15 is 0 Å². The molecule has 0 spiro atoms. The van der Waals surface area contributed by atoms with Crippen LogP contribution in [-0.2, 0) is 9.47 Å². The van der Waals surface area contributed by atoms with Crippen LogP contribution in [0.15, 0.2) is 0 Å². The first-order valence-corrected chi connectivity index (χ1v) is 6.96. The van der Waals surface area contributed by atoms with Crippen LogP contribution in [0.2, 0.25) is 0 Å². The Morgan fingerprint density at radius 1 is 1.28 bits per heavy atom. The summed E-state index contributed by atoms with van der Waals surface area (Å²) in [4.78, 5) is 2.23. The summed E-state index contributed by atoms with van der Waals surface area (Å²) < 4.78 is 11.1. The minimum absolute atomic E-state index is 0.0150. The summed E-state index contributed by atoms with van der Waals surface area (Å²) in [7, 11) is 5.54. The molecule has 1 heterocycles. The second kappa shape index (κ2) is 6.30. The van der Waals surface area contributed by atoms with Crippen molar-refractivity contribution < 1.29 is 19.9 Å². The van der Waals surface area contributed by atoms with Crippen molar-refractivity contribution >= 4 is 0 Å².